The summed E-state index contributed by atoms with van der Waals surface area (Å²) < 4.78 is 37.9. The van der Waals surface area contributed by atoms with Crippen LogP contribution in [0.2, 0.25) is 0 Å². The first-order chi connectivity index (χ1) is 8.45. The Balaban J connectivity index is 2.65. The van der Waals surface area contributed by atoms with E-state index in [1.807, 2.05) is 0 Å². The van der Waals surface area contributed by atoms with Crippen molar-refractivity contribution < 1.29 is 23.1 Å². The van der Waals surface area contributed by atoms with Gasteiger partial charge in [0.2, 0.25) is 5.91 Å². The van der Waals surface area contributed by atoms with Crippen LogP contribution in [0.15, 0.2) is 24.3 Å². The van der Waals surface area contributed by atoms with Gasteiger partial charge in [-0.15, -0.1) is 0 Å². The molecule has 0 atom stereocenters. The smallest absolute Gasteiger partial charge is 0.395 e. The molecule has 0 radical (unpaired) electrons. The third-order valence-corrected chi connectivity index (χ3v) is 2.38. The molecule has 0 saturated carbocycles. The largest absolute Gasteiger partial charge is 0.416 e. The lowest BCUT2D eigenvalue weighted by Crippen LogP contribution is -2.26. The number of benzene rings is 1. The lowest BCUT2D eigenvalue weighted by Gasteiger charge is -2.12. The van der Waals surface area contributed by atoms with Crippen LogP contribution in [0.5, 0.6) is 0 Å². The Morgan fingerprint density at radius 3 is 2.56 bits per heavy atom. The molecule has 2 N–H and O–H groups in total. The first kappa shape index (κ1) is 14.5. The van der Waals surface area contributed by atoms with Crippen molar-refractivity contribution in [2.75, 3.05) is 13.2 Å². The number of nitrogens with one attached hydrogen (secondary N) is 1. The van der Waals surface area contributed by atoms with Crippen LogP contribution in [0.4, 0.5) is 13.2 Å². The maximum atomic E-state index is 12.6. The number of halogens is 3. The predicted octanol–water partition coefficient (Wildman–Crippen LogP) is 1.75. The van der Waals surface area contributed by atoms with Crippen LogP contribution in [0, 0.1) is 0 Å². The highest BCUT2D eigenvalue weighted by Crippen LogP contribution is 2.32. The van der Waals surface area contributed by atoms with Gasteiger partial charge in [0.05, 0.1) is 12.2 Å². The normalized spacial score (nSPS) is 11.3. The Hall–Kier alpha value is -1.56. The van der Waals surface area contributed by atoms with E-state index in [4.69, 9.17) is 5.11 Å². The first-order valence-electron chi connectivity index (χ1n) is 5.48. The quantitative estimate of drug-likeness (QED) is 0.848. The molecule has 0 aromatic heterocycles. The second-order valence-electron chi connectivity index (χ2n) is 3.73. The van der Waals surface area contributed by atoms with Crippen LogP contribution in [-0.2, 0) is 17.4 Å². The van der Waals surface area contributed by atoms with E-state index in [0.717, 1.165) is 6.07 Å². The number of aryl methyl sites for hydroxylation is 1. The van der Waals surface area contributed by atoms with Crippen molar-refractivity contribution in [2.45, 2.75) is 19.0 Å². The average Bonchev–Trinajstić information content (AvgIpc) is 2.33. The van der Waals surface area contributed by atoms with E-state index in [-0.39, 0.29) is 37.5 Å². The summed E-state index contributed by atoms with van der Waals surface area (Å²) in [7, 11) is 0. The van der Waals surface area contributed by atoms with Crippen molar-refractivity contribution in [1.29, 1.82) is 0 Å². The first-order valence-corrected chi connectivity index (χ1v) is 5.48. The Morgan fingerprint density at radius 2 is 1.94 bits per heavy atom. The van der Waals surface area contributed by atoms with Crippen molar-refractivity contribution >= 4 is 5.91 Å². The van der Waals surface area contributed by atoms with Gasteiger partial charge in [-0.25, -0.2) is 0 Å². The van der Waals surface area contributed by atoms with Gasteiger partial charge in [0, 0.05) is 13.0 Å². The second kappa shape index (κ2) is 6.39. The lowest BCUT2D eigenvalue weighted by atomic mass is 10.0. The van der Waals surface area contributed by atoms with Gasteiger partial charge in [0.1, 0.15) is 0 Å². The molecular weight excluding hydrogens is 247 g/mol. The van der Waals surface area contributed by atoms with Gasteiger partial charge in [-0.05, 0) is 18.1 Å². The summed E-state index contributed by atoms with van der Waals surface area (Å²) in [6.45, 7) is -0.0787. The molecule has 1 aromatic carbocycles. The maximum absolute atomic E-state index is 12.6. The number of hydrogen-bond donors (Lipinski definition) is 2. The molecule has 0 heterocycles. The van der Waals surface area contributed by atoms with Crippen molar-refractivity contribution in [3.05, 3.63) is 35.4 Å². The van der Waals surface area contributed by atoms with Crippen LogP contribution in [-0.4, -0.2) is 24.2 Å². The highest BCUT2D eigenvalue weighted by atomic mass is 19.4. The minimum absolute atomic E-state index is 0.0208. The van der Waals surface area contributed by atoms with E-state index in [2.05, 4.69) is 5.32 Å². The van der Waals surface area contributed by atoms with Crippen molar-refractivity contribution in [1.82, 2.24) is 5.32 Å². The summed E-state index contributed by atoms with van der Waals surface area (Å²) in [5.41, 5.74) is -0.607. The molecule has 0 fully saturated rings. The molecular formula is C12H14F3NO2. The number of hydrogen-bond acceptors (Lipinski definition) is 2. The Kier molecular flexibility index (Phi) is 5.15. The molecule has 0 unspecified atom stereocenters. The molecule has 3 nitrogen and oxygen atoms in total. The minimum atomic E-state index is -4.40. The standard InChI is InChI=1S/C12H14F3NO2/c13-12(14,15)10-4-2-1-3-9(10)5-6-11(18)16-7-8-17/h1-4,17H,5-8H2,(H,16,18). The SMILES string of the molecule is O=C(CCc1ccccc1C(F)(F)F)NCCO. The van der Waals surface area contributed by atoms with Crippen molar-refractivity contribution in [3.8, 4) is 0 Å². The van der Waals surface area contributed by atoms with E-state index < -0.39 is 11.7 Å². The number of aliphatic hydroxyl groups is 1. The molecule has 0 aliphatic rings. The third kappa shape index (κ3) is 4.37. The molecule has 1 rings (SSSR count). The van der Waals surface area contributed by atoms with E-state index in [1.165, 1.54) is 18.2 Å². The molecule has 100 valence electrons. The molecule has 0 saturated heterocycles. The summed E-state index contributed by atoms with van der Waals surface area (Å²) in [5, 5.41) is 10.9. The van der Waals surface area contributed by atoms with E-state index in [0.29, 0.717) is 0 Å². The number of amides is 1. The van der Waals surface area contributed by atoms with E-state index in [9.17, 15) is 18.0 Å². The molecule has 0 bridgehead atoms. The summed E-state index contributed by atoms with van der Waals surface area (Å²) in [6, 6.07) is 5.19. The molecule has 1 amide bonds. The zero-order valence-corrected chi connectivity index (χ0v) is 9.63. The fraction of sp³-hybridized carbons (Fsp3) is 0.417. The molecule has 6 heteroatoms. The third-order valence-electron chi connectivity index (χ3n) is 2.38. The molecule has 18 heavy (non-hydrogen) atoms. The van der Waals surface area contributed by atoms with Gasteiger partial charge in [0.25, 0.3) is 0 Å². The van der Waals surface area contributed by atoms with Gasteiger partial charge >= 0.3 is 6.18 Å². The Bertz CT molecular complexity index is 405. The molecule has 0 aliphatic heterocycles. The average molecular weight is 261 g/mol. The Morgan fingerprint density at radius 1 is 1.28 bits per heavy atom. The number of carbonyl (C=O) groups is 1. The van der Waals surface area contributed by atoms with Crippen LogP contribution in [0.1, 0.15) is 17.5 Å². The zero-order chi connectivity index (χ0) is 13.6. The van der Waals surface area contributed by atoms with Gasteiger partial charge in [-0.1, -0.05) is 18.2 Å². The van der Waals surface area contributed by atoms with Gasteiger partial charge in [0.15, 0.2) is 0 Å². The number of aliphatic hydroxyl groups excluding tert-OH is 1. The summed E-state index contributed by atoms with van der Waals surface area (Å²) in [5.74, 6) is -0.374. The highest BCUT2D eigenvalue weighted by molar-refractivity contribution is 5.76. The predicted molar refractivity (Wildman–Crippen MR) is 59.9 cm³/mol. The van der Waals surface area contributed by atoms with Crippen LogP contribution < -0.4 is 5.32 Å². The highest BCUT2D eigenvalue weighted by Gasteiger charge is 2.32. The lowest BCUT2D eigenvalue weighted by molar-refractivity contribution is -0.138. The van der Waals surface area contributed by atoms with E-state index in [1.54, 1.807) is 0 Å². The fourth-order valence-electron chi connectivity index (χ4n) is 1.55. The number of alkyl halides is 3. The van der Waals surface area contributed by atoms with Crippen LogP contribution in [0.3, 0.4) is 0 Å². The van der Waals surface area contributed by atoms with E-state index >= 15 is 0 Å². The van der Waals surface area contributed by atoms with Crippen LogP contribution >= 0.6 is 0 Å². The van der Waals surface area contributed by atoms with Gasteiger partial charge in [-0.2, -0.15) is 13.2 Å². The maximum Gasteiger partial charge on any atom is 0.416 e. The Labute approximate surface area is 103 Å². The molecule has 0 spiro atoms. The number of rotatable bonds is 5. The van der Waals surface area contributed by atoms with Crippen molar-refractivity contribution in [2.24, 2.45) is 0 Å². The zero-order valence-electron chi connectivity index (χ0n) is 9.63. The molecule has 1 aromatic rings. The summed E-state index contributed by atoms with van der Waals surface area (Å²) in [6.07, 6.45) is -4.42. The summed E-state index contributed by atoms with van der Waals surface area (Å²) >= 11 is 0. The topological polar surface area (TPSA) is 49.3 Å². The van der Waals surface area contributed by atoms with Crippen molar-refractivity contribution in [3.63, 3.8) is 0 Å². The second-order valence-corrected chi connectivity index (χ2v) is 3.73. The molecule has 0 aliphatic carbocycles. The minimum Gasteiger partial charge on any atom is -0.395 e. The van der Waals surface area contributed by atoms with Crippen LogP contribution in [0.25, 0.3) is 0 Å². The summed E-state index contributed by atoms with van der Waals surface area (Å²) in [4.78, 5) is 11.2. The monoisotopic (exact) mass is 261 g/mol. The number of carbonyl (C=O) groups excluding carboxylic acids is 1. The fourth-order valence-corrected chi connectivity index (χ4v) is 1.55. The van der Waals surface area contributed by atoms with Gasteiger partial charge in [-0.3, -0.25) is 4.79 Å². The van der Waals surface area contributed by atoms with Gasteiger partial charge < -0.3 is 10.4 Å².